The predicted molar refractivity (Wildman–Crippen MR) is 104 cm³/mol. The molecule has 2 N–H and O–H groups in total. The number of guanidine groups is 1. The average Bonchev–Trinajstić information content (AvgIpc) is 2.94. The summed E-state index contributed by atoms with van der Waals surface area (Å²) >= 11 is 0. The molecule has 1 aliphatic heterocycles. The van der Waals surface area contributed by atoms with Gasteiger partial charge in [0, 0.05) is 31.4 Å². The first-order valence-electron chi connectivity index (χ1n) is 8.84. The molecule has 0 unspecified atom stereocenters. The third-order valence-corrected chi connectivity index (χ3v) is 5.85. The minimum Gasteiger partial charge on any atom is -0.493 e. The van der Waals surface area contributed by atoms with E-state index in [2.05, 4.69) is 15.6 Å². The molecule has 1 aromatic carbocycles. The molecule has 0 amide bonds. The molecule has 146 valence electrons. The minimum absolute atomic E-state index is 0.237. The van der Waals surface area contributed by atoms with Crippen LogP contribution in [0.2, 0.25) is 0 Å². The fourth-order valence-corrected chi connectivity index (χ4v) is 4.20. The first-order valence-corrected chi connectivity index (χ1v) is 10.4. The molecule has 0 aliphatic carbocycles. The van der Waals surface area contributed by atoms with Crippen molar-refractivity contribution in [3.8, 4) is 11.5 Å². The zero-order valence-electron chi connectivity index (χ0n) is 15.6. The van der Waals surface area contributed by atoms with E-state index in [4.69, 9.17) is 9.47 Å². The van der Waals surface area contributed by atoms with E-state index in [0.29, 0.717) is 56.7 Å². The Morgan fingerprint density at radius 1 is 1.31 bits per heavy atom. The van der Waals surface area contributed by atoms with Crippen LogP contribution in [0.15, 0.2) is 23.2 Å². The molecule has 8 nitrogen and oxygen atoms in total. The zero-order chi connectivity index (χ0) is 19.0. The highest BCUT2D eigenvalue weighted by molar-refractivity contribution is 7.89. The van der Waals surface area contributed by atoms with Crippen LogP contribution in [0.4, 0.5) is 5.69 Å². The summed E-state index contributed by atoms with van der Waals surface area (Å²) < 4.78 is 36.0. The Hall–Kier alpha value is -2.00. The number of hydrogen-bond acceptors (Lipinski definition) is 5. The van der Waals surface area contributed by atoms with Crippen molar-refractivity contribution in [2.24, 2.45) is 4.99 Å². The average molecular weight is 385 g/mol. The van der Waals surface area contributed by atoms with Gasteiger partial charge >= 0.3 is 0 Å². The van der Waals surface area contributed by atoms with Crippen LogP contribution >= 0.6 is 0 Å². The third-order valence-electron chi connectivity index (χ3n) is 3.89. The Morgan fingerprint density at radius 2 is 2.12 bits per heavy atom. The molecule has 1 aromatic rings. The van der Waals surface area contributed by atoms with Crippen LogP contribution in [-0.2, 0) is 10.0 Å². The van der Waals surface area contributed by atoms with Crippen molar-refractivity contribution in [3.63, 3.8) is 0 Å². The van der Waals surface area contributed by atoms with E-state index in [1.807, 2.05) is 32.0 Å². The molecule has 0 bridgehead atoms. The lowest BCUT2D eigenvalue weighted by molar-refractivity contribution is 0.311. The molecule has 1 fully saturated rings. The van der Waals surface area contributed by atoms with Gasteiger partial charge in [0.2, 0.25) is 10.0 Å². The lowest BCUT2D eigenvalue weighted by Gasteiger charge is -2.16. The number of ether oxygens (including phenoxy) is 2. The Labute approximate surface area is 155 Å². The van der Waals surface area contributed by atoms with Gasteiger partial charge in [-0.25, -0.2) is 12.7 Å². The second-order valence-corrected chi connectivity index (χ2v) is 7.84. The summed E-state index contributed by atoms with van der Waals surface area (Å²) in [4.78, 5) is 4.47. The van der Waals surface area contributed by atoms with Crippen LogP contribution in [0.1, 0.15) is 20.3 Å². The number of rotatable bonds is 8. The number of methoxy groups -OCH3 is 1. The van der Waals surface area contributed by atoms with Crippen LogP contribution in [-0.4, -0.2) is 64.3 Å². The van der Waals surface area contributed by atoms with Crippen molar-refractivity contribution >= 4 is 21.7 Å². The first kappa shape index (κ1) is 20.3. The Bertz CT molecular complexity index is 721. The number of hydrogen-bond donors (Lipinski definition) is 2. The predicted octanol–water partition coefficient (Wildman–Crippen LogP) is 1.51. The highest BCUT2D eigenvalue weighted by Crippen LogP contribution is 2.30. The monoisotopic (exact) mass is 384 g/mol. The lowest BCUT2D eigenvalue weighted by Crippen LogP contribution is -2.33. The van der Waals surface area contributed by atoms with Crippen molar-refractivity contribution in [3.05, 3.63) is 18.2 Å². The quantitative estimate of drug-likeness (QED) is 0.521. The molecular weight excluding hydrogens is 356 g/mol. The number of anilines is 1. The van der Waals surface area contributed by atoms with Gasteiger partial charge < -0.3 is 20.1 Å². The van der Waals surface area contributed by atoms with Crippen LogP contribution in [0.3, 0.4) is 0 Å². The molecule has 1 heterocycles. The minimum atomic E-state index is -3.08. The highest BCUT2D eigenvalue weighted by Gasteiger charge is 2.27. The van der Waals surface area contributed by atoms with Gasteiger partial charge in [-0.3, -0.25) is 4.99 Å². The van der Waals surface area contributed by atoms with Crippen molar-refractivity contribution in [2.45, 2.75) is 20.3 Å². The molecule has 0 atom stereocenters. The van der Waals surface area contributed by atoms with Crippen molar-refractivity contribution in [1.29, 1.82) is 0 Å². The molecule has 0 radical (unpaired) electrons. The summed E-state index contributed by atoms with van der Waals surface area (Å²) in [6.07, 6.45) is 0.691. The van der Waals surface area contributed by atoms with Crippen LogP contribution in [0, 0.1) is 0 Å². The molecule has 0 saturated carbocycles. The van der Waals surface area contributed by atoms with E-state index < -0.39 is 10.0 Å². The zero-order valence-corrected chi connectivity index (χ0v) is 16.4. The summed E-state index contributed by atoms with van der Waals surface area (Å²) in [6.45, 7) is 6.49. The second-order valence-electron chi connectivity index (χ2n) is 5.75. The number of benzene rings is 1. The van der Waals surface area contributed by atoms with E-state index in [1.54, 1.807) is 7.11 Å². The SMILES string of the molecule is CCNC(=NCCN1CCCS1(=O)=O)Nc1ccc(OC)c(OCC)c1. The summed E-state index contributed by atoms with van der Waals surface area (Å²) in [7, 11) is -1.48. The smallest absolute Gasteiger partial charge is 0.214 e. The fourth-order valence-electron chi connectivity index (χ4n) is 2.68. The van der Waals surface area contributed by atoms with Crippen molar-refractivity contribution in [2.75, 3.05) is 51.0 Å². The lowest BCUT2D eigenvalue weighted by atomic mass is 10.2. The Balaban J connectivity index is 2.03. The third kappa shape index (κ3) is 5.50. The van der Waals surface area contributed by atoms with Gasteiger partial charge in [0.15, 0.2) is 17.5 Å². The Morgan fingerprint density at radius 3 is 2.73 bits per heavy atom. The Kier molecular flexibility index (Phi) is 7.52. The molecule has 0 spiro atoms. The molecule has 1 saturated heterocycles. The number of nitrogens with one attached hydrogen (secondary N) is 2. The van der Waals surface area contributed by atoms with Gasteiger partial charge in [-0.05, 0) is 32.4 Å². The summed E-state index contributed by atoms with van der Waals surface area (Å²) in [5.41, 5.74) is 0.808. The van der Waals surface area contributed by atoms with Crippen molar-refractivity contribution < 1.29 is 17.9 Å². The number of aliphatic imine (C=N–C) groups is 1. The van der Waals surface area contributed by atoms with Crippen LogP contribution in [0.25, 0.3) is 0 Å². The highest BCUT2D eigenvalue weighted by atomic mass is 32.2. The van der Waals surface area contributed by atoms with Crippen LogP contribution in [0.5, 0.6) is 11.5 Å². The van der Waals surface area contributed by atoms with Gasteiger partial charge in [-0.2, -0.15) is 0 Å². The fraction of sp³-hybridized carbons (Fsp3) is 0.588. The van der Waals surface area contributed by atoms with E-state index >= 15 is 0 Å². The van der Waals surface area contributed by atoms with Gasteiger partial charge in [-0.15, -0.1) is 0 Å². The summed E-state index contributed by atoms with van der Waals surface area (Å²) in [6, 6.07) is 5.55. The van der Waals surface area contributed by atoms with Gasteiger partial charge in [0.1, 0.15) is 0 Å². The maximum atomic E-state index is 11.8. The molecular formula is C17H28N4O4S. The van der Waals surface area contributed by atoms with Gasteiger partial charge in [0.05, 0.1) is 26.0 Å². The molecule has 1 aliphatic rings. The molecule has 2 rings (SSSR count). The van der Waals surface area contributed by atoms with Gasteiger partial charge in [0.25, 0.3) is 0 Å². The number of nitrogens with zero attached hydrogens (tertiary/aromatic N) is 2. The maximum absolute atomic E-state index is 11.8. The van der Waals surface area contributed by atoms with E-state index in [1.165, 1.54) is 4.31 Å². The largest absolute Gasteiger partial charge is 0.493 e. The standard InChI is InChI=1S/C17H28N4O4S/c1-4-18-17(19-9-11-21-10-6-12-26(21,22)23)20-14-7-8-15(24-3)16(13-14)25-5-2/h7-8,13H,4-6,9-12H2,1-3H3,(H2,18,19,20). The molecule has 0 aromatic heterocycles. The normalized spacial score (nSPS) is 17.1. The van der Waals surface area contributed by atoms with E-state index in [-0.39, 0.29) is 5.75 Å². The molecule has 26 heavy (non-hydrogen) atoms. The second kappa shape index (κ2) is 9.63. The van der Waals surface area contributed by atoms with E-state index in [0.717, 1.165) is 5.69 Å². The summed E-state index contributed by atoms with van der Waals surface area (Å²) in [5.74, 6) is 2.15. The first-order chi connectivity index (χ1) is 12.5. The maximum Gasteiger partial charge on any atom is 0.214 e. The van der Waals surface area contributed by atoms with Gasteiger partial charge in [-0.1, -0.05) is 0 Å². The summed E-state index contributed by atoms with van der Waals surface area (Å²) in [5, 5.41) is 6.37. The molecule has 9 heteroatoms. The van der Waals surface area contributed by atoms with Crippen molar-refractivity contribution in [1.82, 2.24) is 9.62 Å². The topological polar surface area (TPSA) is 92.3 Å². The van der Waals surface area contributed by atoms with E-state index in [9.17, 15) is 8.42 Å². The van der Waals surface area contributed by atoms with Crippen LogP contribution < -0.4 is 20.1 Å². The number of sulfonamides is 1.